The number of hydrogen-bond donors (Lipinski definition) is 1. The maximum atomic E-state index is 13.6. The average molecular weight is 476 g/mol. The van der Waals surface area contributed by atoms with Gasteiger partial charge in [-0.1, -0.05) is 18.2 Å². The second kappa shape index (κ2) is 9.14. The molecule has 2 aliphatic rings. The van der Waals surface area contributed by atoms with Crippen LogP contribution in [0.5, 0.6) is 0 Å². The number of para-hydroxylation sites is 1. The molecule has 1 aromatic heterocycles. The van der Waals surface area contributed by atoms with E-state index >= 15 is 0 Å². The Hall–Kier alpha value is -3.32. The number of rotatable bonds is 4. The summed E-state index contributed by atoms with van der Waals surface area (Å²) in [5, 5.41) is 3.77. The molecular formula is C27H26FN3O2S. The molecule has 0 radical (unpaired) electrons. The molecule has 1 aliphatic heterocycles. The molecule has 5 rings (SSSR count). The van der Waals surface area contributed by atoms with Crippen LogP contribution in [-0.2, 0) is 22.4 Å². The largest absolute Gasteiger partial charge is 0.324 e. The number of halogens is 1. The van der Waals surface area contributed by atoms with Gasteiger partial charge in [-0.3, -0.25) is 19.5 Å². The zero-order chi connectivity index (χ0) is 23.8. The molecule has 1 N–H and O–H groups in total. The van der Waals surface area contributed by atoms with Crippen LogP contribution < -0.4 is 10.2 Å². The standard InChI is InChI=1S/C27H26FN3O2S/c1-16-6-5-7-17(2)25(16)30-22(32)15-31-23(33)14-29-26(18-10-12-19(28)13-11-18)24-20-8-3-4-9-21(20)34-27(24)31/h5-7,10-13H,3-4,8-9,14-15H2,1-2H3,(H,30,32). The summed E-state index contributed by atoms with van der Waals surface area (Å²) in [6, 6.07) is 12.1. The third-order valence-corrected chi connectivity index (χ3v) is 7.79. The Morgan fingerprint density at radius 2 is 1.79 bits per heavy atom. The fourth-order valence-corrected chi connectivity index (χ4v) is 6.15. The van der Waals surface area contributed by atoms with Crippen LogP contribution in [0, 0.1) is 19.7 Å². The molecule has 0 saturated heterocycles. The van der Waals surface area contributed by atoms with Gasteiger partial charge in [0.05, 0.1) is 5.71 Å². The van der Waals surface area contributed by atoms with Crippen LogP contribution in [0.15, 0.2) is 47.5 Å². The smallest absolute Gasteiger partial charge is 0.249 e. The van der Waals surface area contributed by atoms with Crippen LogP contribution in [0.1, 0.15) is 45.5 Å². The zero-order valence-electron chi connectivity index (χ0n) is 19.3. The second-order valence-corrected chi connectivity index (χ2v) is 9.94. The molecule has 174 valence electrons. The number of nitrogens with one attached hydrogen (secondary N) is 1. The van der Waals surface area contributed by atoms with Crippen LogP contribution in [0.3, 0.4) is 0 Å². The lowest BCUT2D eigenvalue weighted by Crippen LogP contribution is -2.39. The molecule has 34 heavy (non-hydrogen) atoms. The van der Waals surface area contributed by atoms with E-state index < -0.39 is 0 Å². The third-order valence-electron chi connectivity index (χ3n) is 6.47. The lowest BCUT2D eigenvalue weighted by atomic mass is 9.91. The molecule has 0 spiro atoms. The predicted molar refractivity (Wildman–Crippen MR) is 135 cm³/mol. The van der Waals surface area contributed by atoms with E-state index in [1.165, 1.54) is 22.6 Å². The van der Waals surface area contributed by atoms with Crippen LogP contribution in [-0.4, -0.2) is 30.6 Å². The lowest BCUT2D eigenvalue weighted by molar-refractivity contribution is -0.120. The average Bonchev–Trinajstić information content (AvgIpc) is 3.14. The number of nitrogens with zero attached hydrogens (tertiary/aromatic N) is 2. The number of carbonyl (C=O) groups excluding carboxylic acids is 2. The molecule has 7 heteroatoms. The number of anilines is 2. The van der Waals surface area contributed by atoms with Crippen LogP contribution in [0.2, 0.25) is 0 Å². The molecule has 0 saturated carbocycles. The maximum Gasteiger partial charge on any atom is 0.249 e. The Bertz CT molecular complexity index is 1290. The molecule has 5 nitrogen and oxygen atoms in total. The van der Waals surface area contributed by atoms with E-state index in [2.05, 4.69) is 10.3 Å². The quantitative estimate of drug-likeness (QED) is 0.563. The number of thiophene rings is 1. The van der Waals surface area contributed by atoms with Gasteiger partial charge in [0.1, 0.15) is 23.9 Å². The van der Waals surface area contributed by atoms with Crippen molar-refractivity contribution in [2.45, 2.75) is 39.5 Å². The van der Waals surface area contributed by atoms with Gasteiger partial charge in [-0.2, -0.15) is 0 Å². The van der Waals surface area contributed by atoms with Gasteiger partial charge in [0.25, 0.3) is 0 Å². The van der Waals surface area contributed by atoms with Crippen molar-refractivity contribution in [1.82, 2.24) is 0 Å². The minimum Gasteiger partial charge on any atom is -0.324 e. The van der Waals surface area contributed by atoms with Gasteiger partial charge in [-0.15, -0.1) is 11.3 Å². The first kappa shape index (κ1) is 22.5. The Labute approximate surface area is 202 Å². The Morgan fingerprint density at radius 3 is 2.53 bits per heavy atom. The fraction of sp³-hybridized carbons (Fsp3) is 0.296. The summed E-state index contributed by atoms with van der Waals surface area (Å²) in [5.74, 6) is -0.770. The first-order valence-electron chi connectivity index (χ1n) is 11.5. The van der Waals surface area contributed by atoms with Gasteiger partial charge in [-0.25, -0.2) is 4.39 Å². The van der Waals surface area contributed by atoms with Gasteiger partial charge in [-0.05, 0) is 80.5 Å². The lowest BCUT2D eigenvalue weighted by Gasteiger charge is -2.21. The second-order valence-electron chi connectivity index (χ2n) is 8.86. The number of aliphatic imine (C=N–C) groups is 1. The molecule has 1 aliphatic carbocycles. The number of carbonyl (C=O) groups is 2. The van der Waals surface area contributed by atoms with Gasteiger partial charge < -0.3 is 5.32 Å². The SMILES string of the molecule is Cc1cccc(C)c1NC(=O)CN1C(=O)CN=C(c2ccc(F)cc2)c2c1sc1c2CCCC1. The van der Waals surface area contributed by atoms with E-state index in [1.807, 2.05) is 32.0 Å². The van der Waals surface area contributed by atoms with E-state index in [0.717, 1.165) is 58.6 Å². The van der Waals surface area contributed by atoms with Crippen LogP contribution in [0.25, 0.3) is 0 Å². The monoisotopic (exact) mass is 475 g/mol. The third kappa shape index (κ3) is 4.16. The van der Waals surface area contributed by atoms with Gasteiger partial charge >= 0.3 is 0 Å². The minimum absolute atomic E-state index is 0.0560. The highest BCUT2D eigenvalue weighted by atomic mass is 32.1. The topological polar surface area (TPSA) is 61.8 Å². The summed E-state index contributed by atoms with van der Waals surface area (Å²) < 4.78 is 13.6. The summed E-state index contributed by atoms with van der Waals surface area (Å²) in [7, 11) is 0. The summed E-state index contributed by atoms with van der Waals surface area (Å²) in [4.78, 5) is 33.8. The van der Waals surface area contributed by atoms with Crippen molar-refractivity contribution < 1.29 is 14.0 Å². The van der Waals surface area contributed by atoms with Gasteiger partial charge in [0, 0.05) is 21.7 Å². The Balaban J connectivity index is 1.53. The van der Waals surface area contributed by atoms with E-state index in [1.54, 1.807) is 28.4 Å². The Morgan fingerprint density at radius 1 is 1.09 bits per heavy atom. The predicted octanol–water partition coefficient (Wildman–Crippen LogP) is 5.21. The summed E-state index contributed by atoms with van der Waals surface area (Å²) >= 11 is 1.59. The number of fused-ring (bicyclic) bond motifs is 3. The molecular weight excluding hydrogens is 449 g/mol. The van der Waals surface area contributed by atoms with Crippen molar-refractivity contribution in [2.75, 3.05) is 23.3 Å². The first-order chi connectivity index (χ1) is 16.4. The van der Waals surface area contributed by atoms with E-state index in [4.69, 9.17) is 0 Å². The van der Waals surface area contributed by atoms with Crippen molar-refractivity contribution in [3.63, 3.8) is 0 Å². The van der Waals surface area contributed by atoms with E-state index in [0.29, 0.717) is 5.71 Å². The molecule has 0 bridgehead atoms. The summed E-state index contributed by atoms with van der Waals surface area (Å²) in [6.07, 6.45) is 4.06. The molecule has 0 unspecified atom stereocenters. The van der Waals surface area contributed by atoms with Gasteiger partial charge in [0.2, 0.25) is 11.8 Å². The number of aryl methyl sites for hydroxylation is 3. The normalized spacial score (nSPS) is 15.3. The minimum atomic E-state index is -0.314. The van der Waals surface area contributed by atoms with Crippen LogP contribution in [0.4, 0.5) is 15.1 Å². The molecule has 0 atom stereocenters. The molecule has 3 aromatic rings. The van der Waals surface area contributed by atoms with Crippen molar-refractivity contribution in [1.29, 1.82) is 0 Å². The van der Waals surface area contributed by atoms with Gasteiger partial charge in [0.15, 0.2) is 0 Å². The van der Waals surface area contributed by atoms with Crippen LogP contribution >= 0.6 is 11.3 Å². The highest BCUT2D eigenvalue weighted by molar-refractivity contribution is 7.17. The number of amides is 2. The molecule has 2 heterocycles. The summed E-state index contributed by atoms with van der Waals surface area (Å²) in [6.45, 7) is 3.77. The zero-order valence-corrected chi connectivity index (χ0v) is 20.1. The highest BCUT2D eigenvalue weighted by Gasteiger charge is 2.33. The summed E-state index contributed by atoms with van der Waals surface area (Å²) in [5.41, 5.74) is 6.36. The first-order valence-corrected chi connectivity index (χ1v) is 12.4. The van der Waals surface area contributed by atoms with E-state index in [-0.39, 0.29) is 30.7 Å². The van der Waals surface area contributed by atoms with E-state index in [9.17, 15) is 14.0 Å². The van der Waals surface area contributed by atoms with Crippen molar-refractivity contribution in [2.24, 2.45) is 4.99 Å². The van der Waals surface area contributed by atoms with Crippen molar-refractivity contribution in [3.05, 3.63) is 81.0 Å². The number of benzene rings is 2. The fourth-order valence-electron chi connectivity index (χ4n) is 4.75. The molecule has 2 aromatic carbocycles. The molecule has 0 fully saturated rings. The molecule has 2 amide bonds. The number of hydrogen-bond acceptors (Lipinski definition) is 4. The maximum absolute atomic E-state index is 13.6. The van der Waals surface area contributed by atoms with Crippen molar-refractivity contribution >= 4 is 39.6 Å². The van der Waals surface area contributed by atoms with Crippen molar-refractivity contribution in [3.8, 4) is 0 Å². The Kier molecular flexibility index (Phi) is 6.04. The highest BCUT2D eigenvalue weighted by Crippen LogP contribution is 2.42.